The first-order valence-electron chi connectivity index (χ1n) is 11.2. The highest BCUT2D eigenvalue weighted by molar-refractivity contribution is 5.96. The topological polar surface area (TPSA) is 75.3 Å². The number of amides is 1. The van der Waals surface area contributed by atoms with Crippen molar-refractivity contribution in [2.24, 2.45) is 11.7 Å². The predicted molar refractivity (Wildman–Crippen MR) is 119 cm³/mol. The van der Waals surface area contributed by atoms with E-state index in [0.29, 0.717) is 18.0 Å². The number of carbonyl (C=O) groups is 1. The molecule has 0 heterocycles. The molecule has 0 aliphatic heterocycles. The fourth-order valence-corrected chi connectivity index (χ4v) is 3.72. The van der Waals surface area contributed by atoms with Crippen LogP contribution in [0.15, 0.2) is 24.3 Å². The Kier molecular flexibility index (Phi) is 11.9. The number of para-hydroxylation sites is 1. The Morgan fingerprint density at radius 1 is 1.00 bits per heavy atom. The van der Waals surface area contributed by atoms with Crippen LogP contribution in [0.1, 0.15) is 102 Å². The number of nitrogens with two attached hydrogens (primary N) is 1. The fourth-order valence-electron chi connectivity index (χ4n) is 3.72. The molecule has 0 aliphatic rings. The van der Waals surface area contributed by atoms with E-state index in [1.165, 1.54) is 57.4 Å². The van der Waals surface area contributed by atoms with Crippen LogP contribution in [0.2, 0.25) is 0 Å². The lowest BCUT2D eigenvalue weighted by Crippen LogP contribution is -2.41. The molecule has 1 rings (SSSR count). The van der Waals surface area contributed by atoms with Crippen LogP contribution in [0.25, 0.3) is 0 Å². The molecular weight excluding hydrogens is 348 g/mol. The van der Waals surface area contributed by atoms with Gasteiger partial charge in [-0.15, -0.1) is 0 Å². The second-order valence-corrected chi connectivity index (χ2v) is 8.70. The van der Waals surface area contributed by atoms with Gasteiger partial charge in [-0.25, -0.2) is 0 Å². The first-order chi connectivity index (χ1) is 13.4. The summed E-state index contributed by atoms with van der Waals surface area (Å²) >= 11 is 0. The molecule has 4 nitrogen and oxygen atoms in total. The van der Waals surface area contributed by atoms with Crippen molar-refractivity contribution in [2.45, 2.75) is 96.9 Å². The van der Waals surface area contributed by atoms with Crippen molar-refractivity contribution in [3.8, 4) is 5.75 Å². The van der Waals surface area contributed by atoms with Gasteiger partial charge in [0.1, 0.15) is 5.75 Å². The van der Waals surface area contributed by atoms with Crippen LogP contribution in [0, 0.1) is 5.92 Å². The highest BCUT2D eigenvalue weighted by Gasteiger charge is 2.24. The molecule has 0 saturated carbocycles. The smallest absolute Gasteiger partial charge is 0.255 e. The Bertz CT molecular complexity index is 552. The van der Waals surface area contributed by atoms with Gasteiger partial charge in [-0.2, -0.15) is 0 Å². The minimum Gasteiger partial charge on any atom is -0.507 e. The maximum absolute atomic E-state index is 12.1. The monoisotopic (exact) mass is 390 g/mol. The van der Waals surface area contributed by atoms with Gasteiger partial charge in [0, 0.05) is 12.1 Å². The number of nitrogens with one attached hydrogen (secondary N) is 1. The highest BCUT2D eigenvalue weighted by atomic mass is 16.3. The van der Waals surface area contributed by atoms with Gasteiger partial charge in [-0.3, -0.25) is 4.79 Å². The van der Waals surface area contributed by atoms with E-state index in [1.54, 1.807) is 18.2 Å². The standard InChI is InChI=1S/C24H42N2O2/c1-4-5-6-7-8-9-10-11-15-20(24(2,3)25)16-14-19-26-23(28)21-17-12-13-18-22(21)27/h12-13,17-18,20,27H,4-11,14-16,19,25H2,1-3H3,(H,26,28). The van der Waals surface area contributed by atoms with Crippen LogP contribution < -0.4 is 11.1 Å². The predicted octanol–water partition coefficient (Wildman–Crippen LogP) is 5.79. The number of benzene rings is 1. The van der Waals surface area contributed by atoms with E-state index in [0.717, 1.165) is 19.3 Å². The van der Waals surface area contributed by atoms with Crippen molar-refractivity contribution in [3.63, 3.8) is 0 Å². The first-order valence-corrected chi connectivity index (χ1v) is 11.2. The van der Waals surface area contributed by atoms with Crippen LogP contribution in [-0.4, -0.2) is 23.1 Å². The van der Waals surface area contributed by atoms with Crippen molar-refractivity contribution >= 4 is 5.91 Å². The lowest BCUT2D eigenvalue weighted by molar-refractivity contribution is 0.0949. The van der Waals surface area contributed by atoms with E-state index in [-0.39, 0.29) is 17.2 Å². The quantitative estimate of drug-likeness (QED) is 0.332. The van der Waals surface area contributed by atoms with Crippen molar-refractivity contribution in [2.75, 3.05) is 6.54 Å². The van der Waals surface area contributed by atoms with E-state index < -0.39 is 0 Å². The summed E-state index contributed by atoms with van der Waals surface area (Å²) in [5, 5.41) is 12.7. The van der Waals surface area contributed by atoms with Crippen LogP contribution in [0.5, 0.6) is 5.75 Å². The average Bonchev–Trinajstić information content (AvgIpc) is 2.64. The molecule has 1 aromatic carbocycles. The molecule has 28 heavy (non-hydrogen) atoms. The van der Waals surface area contributed by atoms with Crippen LogP contribution in [0.4, 0.5) is 0 Å². The Balaban J connectivity index is 2.25. The summed E-state index contributed by atoms with van der Waals surface area (Å²) in [4.78, 5) is 12.1. The largest absolute Gasteiger partial charge is 0.507 e. The second-order valence-electron chi connectivity index (χ2n) is 8.70. The van der Waals surface area contributed by atoms with E-state index >= 15 is 0 Å². The normalized spacial score (nSPS) is 12.7. The molecule has 4 heteroatoms. The van der Waals surface area contributed by atoms with Crippen molar-refractivity contribution < 1.29 is 9.90 Å². The molecule has 1 atom stereocenters. The van der Waals surface area contributed by atoms with Crippen LogP contribution in [0.3, 0.4) is 0 Å². The molecule has 1 amide bonds. The van der Waals surface area contributed by atoms with Gasteiger partial charge in [0.25, 0.3) is 5.91 Å². The summed E-state index contributed by atoms with van der Waals surface area (Å²) in [6, 6.07) is 6.64. The first kappa shape index (κ1) is 24.5. The zero-order valence-electron chi connectivity index (χ0n) is 18.3. The molecule has 1 unspecified atom stereocenters. The van der Waals surface area contributed by atoms with E-state index in [9.17, 15) is 9.90 Å². The van der Waals surface area contributed by atoms with Crippen LogP contribution >= 0.6 is 0 Å². The maximum atomic E-state index is 12.1. The van der Waals surface area contributed by atoms with Crippen molar-refractivity contribution in [1.29, 1.82) is 0 Å². The van der Waals surface area contributed by atoms with E-state index in [1.807, 2.05) is 0 Å². The molecule has 0 aromatic heterocycles. The van der Waals surface area contributed by atoms with Gasteiger partial charge in [0.05, 0.1) is 5.56 Å². The van der Waals surface area contributed by atoms with Gasteiger partial charge in [-0.05, 0) is 51.2 Å². The number of carbonyl (C=O) groups excluding carboxylic acids is 1. The lowest BCUT2D eigenvalue weighted by atomic mass is 9.81. The molecule has 0 spiro atoms. The van der Waals surface area contributed by atoms with Gasteiger partial charge < -0.3 is 16.2 Å². The zero-order chi connectivity index (χ0) is 20.8. The van der Waals surface area contributed by atoms with Crippen molar-refractivity contribution in [1.82, 2.24) is 5.32 Å². The Hall–Kier alpha value is -1.55. The lowest BCUT2D eigenvalue weighted by Gasteiger charge is -2.31. The minimum atomic E-state index is -0.218. The molecule has 0 fully saturated rings. The number of rotatable bonds is 15. The van der Waals surface area contributed by atoms with E-state index in [4.69, 9.17) is 5.73 Å². The number of phenols is 1. The second kappa shape index (κ2) is 13.6. The summed E-state index contributed by atoms with van der Waals surface area (Å²) in [7, 11) is 0. The molecule has 0 aliphatic carbocycles. The van der Waals surface area contributed by atoms with Crippen molar-refractivity contribution in [3.05, 3.63) is 29.8 Å². The average molecular weight is 391 g/mol. The summed E-state index contributed by atoms with van der Waals surface area (Å²) in [5.74, 6) is 0.273. The summed E-state index contributed by atoms with van der Waals surface area (Å²) in [6.07, 6.45) is 13.7. The van der Waals surface area contributed by atoms with Gasteiger partial charge >= 0.3 is 0 Å². The third-order valence-corrected chi connectivity index (χ3v) is 5.62. The zero-order valence-corrected chi connectivity index (χ0v) is 18.3. The molecular formula is C24H42N2O2. The fraction of sp³-hybridized carbons (Fsp3) is 0.708. The summed E-state index contributed by atoms with van der Waals surface area (Å²) < 4.78 is 0. The molecule has 160 valence electrons. The minimum absolute atomic E-state index is 0.0238. The number of hydrogen-bond acceptors (Lipinski definition) is 3. The van der Waals surface area contributed by atoms with Gasteiger partial charge in [-0.1, -0.05) is 70.4 Å². The number of hydrogen-bond donors (Lipinski definition) is 3. The number of unbranched alkanes of at least 4 members (excludes halogenated alkanes) is 7. The summed E-state index contributed by atoms with van der Waals surface area (Å²) in [5.41, 5.74) is 6.55. The Morgan fingerprint density at radius 2 is 1.57 bits per heavy atom. The SMILES string of the molecule is CCCCCCCCCCC(CCCNC(=O)c1ccccc1O)C(C)(C)N. The third kappa shape index (κ3) is 10.1. The number of aromatic hydroxyl groups is 1. The summed E-state index contributed by atoms with van der Waals surface area (Å²) in [6.45, 7) is 7.09. The van der Waals surface area contributed by atoms with Crippen LogP contribution in [-0.2, 0) is 0 Å². The molecule has 4 N–H and O–H groups in total. The third-order valence-electron chi connectivity index (χ3n) is 5.62. The molecule has 0 bridgehead atoms. The highest BCUT2D eigenvalue weighted by Crippen LogP contribution is 2.26. The van der Waals surface area contributed by atoms with E-state index in [2.05, 4.69) is 26.1 Å². The Morgan fingerprint density at radius 3 is 2.18 bits per heavy atom. The molecule has 0 saturated heterocycles. The van der Waals surface area contributed by atoms with Gasteiger partial charge in [0.15, 0.2) is 0 Å². The maximum Gasteiger partial charge on any atom is 0.255 e. The molecule has 1 aromatic rings. The number of phenolic OH excluding ortho intramolecular Hbond substituents is 1. The Labute approximate surface area is 172 Å². The molecule has 0 radical (unpaired) electrons. The van der Waals surface area contributed by atoms with Gasteiger partial charge in [0.2, 0.25) is 0 Å².